The van der Waals surface area contributed by atoms with Gasteiger partial charge in [-0.1, -0.05) is 18.2 Å². The lowest BCUT2D eigenvalue weighted by atomic mass is 10.1. The molecule has 0 aliphatic heterocycles. The van der Waals surface area contributed by atoms with E-state index in [-0.39, 0.29) is 18.1 Å². The van der Waals surface area contributed by atoms with Crippen molar-refractivity contribution in [1.29, 1.82) is 0 Å². The third-order valence-corrected chi connectivity index (χ3v) is 3.67. The van der Waals surface area contributed by atoms with Gasteiger partial charge in [0, 0.05) is 19.2 Å². The fourth-order valence-corrected chi connectivity index (χ4v) is 2.38. The zero-order chi connectivity index (χ0) is 16.8. The monoisotopic (exact) mass is 324 g/mol. The fourth-order valence-electron chi connectivity index (χ4n) is 2.38. The molecule has 1 amide bonds. The number of hydrogen-bond acceptors (Lipinski definition) is 3. The van der Waals surface area contributed by atoms with E-state index in [1.165, 1.54) is 6.07 Å². The lowest BCUT2D eigenvalue weighted by molar-refractivity contribution is -0.121. The van der Waals surface area contributed by atoms with Gasteiger partial charge < -0.3 is 9.73 Å². The SMILES string of the molecule is O=C(CCc1ccccc1F)NCc1ccnc(-c2ccco2)c1. The van der Waals surface area contributed by atoms with E-state index in [0.29, 0.717) is 24.3 Å². The van der Waals surface area contributed by atoms with Gasteiger partial charge in [0.15, 0.2) is 5.76 Å². The molecule has 0 unspecified atom stereocenters. The summed E-state index contributed by atoms with van der Waals surface area (Å²) >= 11 is 0. The third-order valence-electron chi connectivity index (χ3n) is 3.67. The number of aryl methyl sites for hydroxylation is 1. The number of aromatic nitrogens is 1. The number of carbonyl (C=O) groups excluding carboxylic acids is 1. The maximum atomic E-state index is 13.5. The summed E-state index contributed by atoms with van der Waals surface area (Å²) in [6.07, 6.45) is 3.90. The molecule has 3 rings (SSSR count). The topological polar surface area (TPSA) is 55.1 Å². The van der Waals surface area contributed by atoms with Crippen LogP contribution in [0.1, 0.15) is 17.5 Å². The number of nitrogens with zero attached hydrogens (tertiary/aromatic N) is 1. The van der Waals surface area contributed by atoms with E-state index in [0.717, 1.165) is 11.3 Å². The minimum Gasteiger partial charge on any atom is -0.463 e. The van der Waals surface area contributed by atoms with E-state index < -0.39 is 0 Å². The van der Waals surface area contributed by atoms with E-state index >= 15 is 0 Å². The number of benzene rings is 1. The largest absolute Gasteiger partial charge is 0.463 e. The maximum absolute atomic E-state index is 13.5. The lowest BCUT2D eigenvalue weighted by Crippen LogP contribution is -2.23. The Bertz CT molecular complexity index is 816. The van der Waals surface area contributed by atoms with Crippen molar-refractivity contribution in [3.8, 4) is 11.5 Å². The molecule has 0 saturated heterocycles. The minimum absolute atomic E-state index is 0.116. The Morgan fingerprint density at radius 1 is 1.17 bits per heavy atom. The van der Waals surface area contributed by atoms with Crippen LogP contribution in [0.2, 0.25) is 0 Å². The van der Waals surface area contributed by atoms with Crippen LogP contribution in [0.4, 0.5) is 4.39 Å². The molecule has 2 aromatic heterocycles. The summed E-state index contributed by atoms with van der Waals surface area (Å²) in [6.45, 7) is 0.395. The van der Waals surface area contributed by atoms with Crippen molar-refractivity contribution in [2.24, 2.45) is 0 Å². The second-order valence-electron chi connectivity index (χ2n) is 5.39. The molecule has 122 valence electrons. The summed E-state index contributed by atoms with van der Waals surface area (Å²) in [5.74, 6) is 0.292. The number of furan rings is 1. The van der Waals surface area contributed by atoms with Crippen molar-refractivity contribution >= 4 is 5.91 Å². The molecule has 1 N–H and O–H groups in total. The number of pyridine rings is 1. The average Bonchev–Trinajstić information content (AvgIpc) is 3.14. The molecular weight excluding hydrogens is 307 g/mol. The fraction of sp³-hybridized carbons (Fsp3) is 0.158. The lowest BCUT2D eigenvalue weighted by Gasteiger charge is -2.07. The molecule has 0 radical (unpaired) electrons. The second-order valence-corrected chi connectivity index (χ2v) is 5.39. The molecule has 0 aliphatic rings. The molecule has 3 aromatic rings. The van der Waals surface area contributed by atoms with Crippen molar-refractivity contribution < 1.29 is 13.6 Å². The smallest absolute Gasteiger partial charge is 0.220 e. The van der Waals surface area contributed by atoms with Crippen LogP contribution in [-0.2, 0) is 17.8 Å². The zero-order valence-electron chi connectivity index (χ0n) is 13.0. The third kappa shape index (κ3) is 4.07. The standard InChI is InChI=1S/C19H17FN2O2/c20-16-5-2-1-4-15(16)7-8-19(23)22-13-14-9-10-21-17(12-14)18-6-3-11-24-18/h1-6,9-12H,7-8,13H2,(H,22,23). The molecule has 0 spiro atoms. The number of rotatable bonds is 6. The summed E-state index contributed by atoms with van der Waals surface area (Å²) < 4.78 is 18.8. The van der Waals surface area contributed by atoms with Gasteiger partial charge in [-0.25, -0.2) is 4.39 Å². The van der Waals surface area contributed by atoms with E-state index in [4.69, 9.17) is 4.42 Å². The summed E-state index contributed by atoms with van der Waals surface area (Å²) in [5, 5.41) is 2.84. The van der Waals surface area contributed by atoms with Gasteiger partial charge in [0.2, 0.25) is 5.91 Å². The highest BCUT2D eigenvalue weighted by Gasteiger charge is 2.07. The molecule has 2 heterocycles. The molecule has 5 heteroatoms. The Morgan fingerprint density at radius 2 is 2.04 bits per heavy atom. The highest BCUT2D eigenvalue weighted by molar-refractivity contribution is 5.76. The van der Waals surface area contributed by atoms with Crippen molar-refractivity contribution in [3.63, 3.8) is 0 Å². The number of amides is 1. The van der Waals surface area contributed by atoms with Crippen LogP contribution >= 0.6 is 0 Å². The van der Waals surface area contributed by atoms with E-state index in [1.807, 2.05) is 18.2 Å². The molecule has 0 atom stereocenters. The van der Waals surface area contributed by atoms with Gasteiger partial charge in [0.05, 0.1) is 6.26 Å². The Morgan fingerprint density at radius 3 is 2.83 bits per heavy atom. The first-order chi connectivity index (χ1) is 11.7. The number of hydrogen-bond donors (Lipinski definition) is 1. The predicted molar refractivity (Wildman–Crippen MR) is 88.5 cm³/mol. The number of nitrogens with one attached hydrogen (secondary N) is 1. The molecular formula is C19H17FN2O2. The first-order valence-corrected chi connectivity index (χ1v) is 7.71. The molecule has 0 fully saturated rings. The minimum atomic E-state index is -0.275. The Balaban J connectivity index is 1.53. The van der Waals surface area contributed by atoms with Crippen LogP contribution in [0.15, 0.2) is 65.4 Å². The second kappa shape index (κ2) is 7.55. The van der Waals surface area contributed by atoms with Crippen LogP contribution in [0.5, 0.6) is 0 Å². The van der Waals surface area contributed by atoms with Gasteiger partial charge in [-0.2, -0.15) is 0 Å². The van der Waals surface area contributed by atoms with Crippen molar-refractivity contribution in [2.45, 2.75) is 19.4 Å². The van der Waals surface area contributed by atoms with Crippen molar-refractivity contribution in [1.82, 2.24) is 10.3 Å². The van der Waals surface area contributed by atoms with Crippen molar-refractivity contribution in [2.75, 3.05) is 0 Å². The molecule has 0 bridgehead atoms. The van der Waals surface area contributed by atoms with Crippen LogP contribution in [0.3, 0.4) is 0 Å². The van der Waals surface area contributed by atoms with Gasteiger partial charge in [-0.15, -0.1) is 0 Å². The van der Waals surface area contributed by atoms with Crippen LogP contribution in [0.25, 0.3) is 11.5 Å². The summed E-state index contributed by atoms with van der Waals surface area (Å²) in [6, 6.07) is 13.8. The van der Waals surface area contributed by atoms with Crippen LogP contribution in [0, 0.1) is 5.82 Å². The van der Waals surface area contributed by atoms with Gasteiger partial charge in [-0.05, 0) is 47.9 Å². The number of halogens is 1. The Kier molecular flexibility index (Phi) is 5.01. The molecule has 4 nitrogen and oxygen atoms in total. The Hall–Kier alpha value is -2.95. The van der Waals surface area contributed by atoms with Gasteiger partial charge in [0.1, 0.15) is 11.5 Å². The van der Waals surface area contributed by atoms with Crippen molar-refractivity contribution in [3.05, 3.63) is 77.9 Å². The van der Waals surface area contributed by atoms with Crippen LogP contribution < -0.4 is 5.32 Å². The van der Waals surface area contributed by atoms with Gasteiger partial charge >= 0.3 is 0 Å². The summed E-state index contributed by atoms with van der Waals surface area (Å²) in [4.78, 5) is 16.2. The van der Waals surface area contributed by atoms with E-state index in [1.54, 1.807) is 36.7 Å². The Labute approximate surface area is 139 Å². The first-order valence-electron chi connectivity index (χ1n) is 7.71. The molecule has 0 saturated carbocycles. The predicted octanol–water partition coefficient (Wildman–Crippen LogP) is 3.73. The molecule has 0 aliphatic carbocycles. The molecule has 24 heavy (non-hydrogen) atoms. The van der Waals surface area contributed by atoms with E-state index in [9.17, 15) is 9.18 Å². The highest BCUT2D eigenvalue weighted by atomic mass is 19.1. The highest BCUT2D eigenvalue weighted by Crippen LogP contribution is 2.18. The zero-order valence-corrected chi connectivity index (χ0v) is 13.0. The molecule has 1 aromatic carbocycles. The van der Waals surface area contributed by atoms with Crippen LogP contribution in [-0.4, -0.2) is 10.9 Å². The van der Waals surface area contributed by atoms with Gasteiger partial charge in [0.25, 0.3) is 0 Å². The normalized spacial score (nSPS) is 10.5. The summed E-state index contributed by atoms with van der Waals surface area (Å²) in [5.41, 5.74) is 2.20. The average molecular weight is 324 g/mol. The number of carbonyl (C=O) groups is 1. The quantitative estimate of drug-likeness (QED) is 0.751. The van der Waals surface area contributed by atoms with E-state index in [2.05, 4.69) is 10.3 Å². The first kappa shape index (κ1) is 15.9. The maximum Gasteiger partial charge on any atom is 0.220 e. The van der Waals surface area contributed by atoms with Gasteiger partial charge in [-0.3, -0.25) is 9.78 Å². The summed E-state index contributed by atoms with van der Waals surface area (Å²) in [7, 11) is 0.